The van der Waals surface area contributed by atoms with Crippen molar-refractivity contribution in [1.29, 1.82) is 0 Å². The Bertz CT molecular complexity index is 412. The van der Waals surface area contributed by atoms with Crippen molar-refractivity contribution in [2.45, 2.75) is 38.4 Å². The molecule has 1 aromatic rings. The minimum absolute atomic E-state index is 0.849. The molecule has 4 rings (SSSR count). The number of hydrogen-bond acceptors (Lipinski definition) is 4. The van der Waals surface area contributed by atoms with Crippen LogP contribution in [0.25, 0.3) is 0 Å². The highest BCUT2D eigenvalue weighted by Gasteiger charge is 2.54. The summed E-state index contributed by atoms with van der Waals surface area (Å²) in [6, 6.07) is 1.70. The van der Waals surface area contributed by atoms with E-state index in [-0.39, 0.29) is 0 Å². The second kappa shape index (κ2) is 3.77. The fourth-order valence-electron chi connectivity index (χ4n) is 4.28. The van der Waals surface area contributed by atoms with Crippen LogP contribution in [0.5, 0.6) is 0 Å². The van der Waals surface area contributed by atoms with Crippen molar-refractivity contribution >= 4 is 11.3 Å². The monoisotopic (exact) mass is 249 g/mol. The third-order valence-electron chi connectivity index (χ3n) is 5.08. The van der Waals surface area contributed by atoms with Gasteiger partial charge in [-0.25, -0.2) is 4.98 Å². The van der Waals surface area contributed by atoms with Gasteiger partial charge in [-0.1, -0.05) is 0 Å². The first-order chi connectivity index (χ1) is 8.34. The SMILES string of the molecule is Cc1ncsc1CN1[C@@H]2CC[C@H]1[C@H]1CNC[C@H]12. The molecule has 4 heteroatoms. The maximum absolute atomic E-state index is 4.38. The van der Waals surface area contributed by atoms with Crippen LogP contribution in [0.15, 0.2) is 5.51 Å². The second-order valence-electron chi connectivity index (χ2n) is 5.73. The Labute approximate surface area is 106 Å². The number of thiazole rings is 1. The topological polar surface area (TPSA) is 28.2 Å². The van der Waals surface area contributed by atoms with E-state index in [1.165, 1.54) is 36.5 Å². The maximum Gasteiger partial charge on any atom is 0.0798 e. The average molecular weight is 249 g/mol. The predicted molar refractivity (Wildman–Crippen MR) is 69.1 cm³/mol. The molecule has 0 aliphatic carbocycles. The van der Waals surface area contributed by atoms with Crippen molar-refractivity contribution in [3.8, 4) is 0 Å². The molecule has 92 valence electrons. The molecule has 0 unspecified atom stereocenters. The zero-order valence-corrected chi connectivity index (χ0v) is 11.0. The van der Waals surface area contributed by atoms with Gasteiger partial charge in [-0.3, -0.25) is 4.90 Å². The van der Waals surface area contributed by atoms with E-state index in [0.717, 1.165) is 30.5 Å². The summed E-state index contributed by atoms with van der Waals surface area (Å²) in [4.78, 5) is 8.65. The first-order valence-electron chi connectivity index (χ1n) is 6.70. The highest BCUT2D eigenvalue weighted by molar-refractivity contribution is 7.09. The highest BCUT2D eigenvalue weighted by Crippen LogP contribution is 2.48. The molecule has 4 heterocycles. The first-order valence-corrected chi connectivity index (χ1v) is 7.58. The molecule has 3 saturated heterocycles. The third kappa shape index (κ3) is 1.44. The predicted octanol–water partition coefficient (Wildman–Crippen LogP) is 1.63. The Balaban J connectivity index is 1.58. The molecule has 0 amide bonds. The Morgan fingerprint density at radius 2 is 2.06 bits per heavy atom. The summed E-state index contributed by atoms with van der Waals surface area (Å²) < 4.78 is 0. The lowest BCUT2D eigenvalue weighted by Crippen LogP contribution is -2.33. The molecular weight excluding hydrogens is 230 g/mol. The van der Waals surface area contributed by atoms with Gasteiger partial charge >= 0.3 is 0 Å². The number of fused-ring (bicyclic) bond motifs is 5. The number of hydrogen-bond donors (Lipinski definition) is 1. The highest BCUT2D eigenvalue weighted by atomic mass is 32.1. The minimum Gasteiger partial charge on any atom is -0.316 e. The Kier molecular flexibility index (Phi) is 2.32. The maximum atomic E-state index is 4.38. The van der Waals surface area contributed by atoms with Crippen LogP contribution >= 0.6 is 11.3 Å². The molecule has 1 N–H and O–H groups in total. The van der Waals surface area contributed by atoms with Gasteiger partial charge in [-0.2, -0.15) is 0 Å². The van der Waals surface area contributed by atoms with Crippen LogP contribution in [0.1, 0.15) is 23.4 Å². The summed E-state index contributed by atoms with van der Waals surface area (Å²) in [5.74, 6) is 1.86. The Hall–Kier alpha value is -0.450. The Morgan fingerprint density at radius 1 is 1.35 bits per heavy atom. The van der Waals surface area contributed by atoms with E-state index >= 15 is 0 Å². The lowest BCUT2D eigenvalue weighted by Gasteiger charge is -2.23. The summed E-state index contributed by atoms with van der Waals surface area (Å²) in [7, 11) is 0. The molecule has 3 aliphatic heterocycles. The van der Waals surface area contributed by atoms with Crippen molar-refractivity contribution in [1.82, 2.24) is 15.2 Å². The molecular formula is C13H19N3S. The zero-order chi connectivity index (χ0) is 11.4. The fourth-order valence-corrected chi connectivity index (χ4v) is 5.06. The molecule has 0 aromatic carbocycles. The van der Waals surface area contributed by atoms with Gasteiger partial charge in [0.05, 0.1) is 11.2 Å². The summed E-state index contributed by atoms with van der Waals surface area (Å²) in [6.45, 7) is 5.80. The van der Waals surface area contributed by atoms with Gasteiger partial charge in [0.25, 0.3) is 0 Å². The molecule has 1 aromatic heterocycles. The molecule has 0 radical (unpaired) electrons. The average Bonchev–Trinajstić information content (AvgIpc) is 3.03. The van der Waals surface area contributed by atoms with Crippen molar-refractivity contribution in [3.63, 3.8) is 0 Å². The van der Waals surface area contributed by atoms with Crippen LogP contribution < -0.4 is 5.32 Å². The van der Waals surface area contributed by atoms with Crippen LogP contribution in [-0.4, -0.2) is 35.1 Å². The lowest BCUT2D eigenvalue weighted by atomic mass is 9.82. The van der Waals surface area contributed by atoms with Crippen molar-refractivity contribution in [2.75, 3.05) is 13.1 Å². The number of aromatic nitrogens is 1. The number of aryl methyl sites for hydroxylation is 1. The first kappa shape index (κ1) is 10.5. The summed E-state index contributed by atoms with van der Waals surface area (Å²) in [6.07, 6.45) is 2.84. The molecule has 0 spiro atoms. The van der Waals surface area contributed by atoms with E-state index in [9.17, 15) is 0 Å². The van der Waals surface area contributed by atoms with Crippen molar-refractivity contribution in [3.05, 3.63) is 16.1 Å². The molecule has 4 atom stereocenters. The number of rotatable bonds is 2. The third-order valence-corrected chi connectivity index (χ3v) is 6.00. The number of nitrogens with zero attached hydrogens (tertiary/aromatic N) is 2. The van der Waals surface area contributed by atoms with Gasteiger partial charge in [0.2, 0.25) is 0 Å². The fraction of sp³-hybridized carbons (Fsp3) is 0.769. The van der Waals surface area contributed by atoms with Crippen LogP contribution in [0.2, 0.25) is 0 Å². The van der Waals surface area contributed by atoms with Crippen molar-refractivity contribution in [2.24, 2.45) is 11.8 Å². The van der Waals surface area contributed by atoms with Crippen molar-refractivity contribution < 1.29 is 0 Å². The summed E-state index contributed by atoms with van der Waals surface area (Å²) >= 11 is 1.83. The van der Waals surface area contributed by atoms with E-state index in [4.69, 9.17) is 0 Å². The Morgan fingerprint density at radius 3 is 2.65 bits per heavy atom. The second-order valence-corrected chi connectivity index (χ2v) is 6.67. The van der Waals surface area contributed by atoms with Gasteiger partial charge in [-0.15, -0.1) is 11.3 Å². The summed E-state index contributed by atoms with van der Waals surface area (Å²) in [5, 5.41) is 3.58. The van der Waals surface area contributed by atoms with Gasteiger partial charge in [0.15, 0.2) is 0 Å². The van der Waals surface area contributed by atoms with E-state index in [0.29, 0.717) is 0 Å². The van der Waals surface area contributed by atoms with Gasteiger partial charge < -0.3 is 5.32 Å². The molecule has 3 aliphatic rings. The molecule has 2 bridgehead atoms. The van der Waals surface area contributed by atoms with Crippen LogP contribution in [0, 0.1) is 18.8 Å². The van der Waals surface area contributed by atoms with Gasteiger partial charge in [0.1, 0.15) is 0 Å². The largest absolute Gasteiger partial charge is 0.316 e. The van der Waals surface area contributed by atoms with Crippen LogP contribution in [0.3, 0.4) is 0 Å². The lowest BCUT2D eigenvalue weighted by molar-refractivity contribution is 0.220. The van der Waals surface area contributed by atoms with E-state index in [1.807, 2.05) is 16.8 Å². The smallest absolute Gasteiger partial charge is 0.0798 e. The zero-order valence-electron chi connectivity index (χ0n) is 10.2. The normalized spacial score (nSPS) is 40.1. The van der Waals surface area contributed by atoms with E-state index < -0.39 is 0 Å². The molecule has 0 saturated carbocycles. The molecule has 3 nitrogen and oxygen atoms in total. The standard InChI is InChI=1S/C13H19N3S/c1-8-13(17-7-15-8)6-16-11-2-3-12(16)10-5-14-4-9(10)11/h7,9-12,14H,2-6H2,1H3/t9-,10+,11-,12+. The molecule has 17 heavy (non-hydrogen) atoms. The van der Waals surface area contributed by atoms with Gasteiger partial charge in [0, 0.05) is 23.5 Å². The number of nitrogens with one attached hydrogen (secondary N) is 1. The minimum atomic E-state index is 0.849. The quantitative estimate of drug-likeness (QED) is 0.863. The van der Waals surface area contributed by atoms with E-state index in [1.54, 1.807) is 0 Å². The van der Waals surface area contributed by atoms with Crippen LogP contribution in [-0.2, 0) is 6.54 Å². The van der Waals surface area contributed by atoms with Crippen LogP contribution in [0.4, 0.5) is 0 Å². The van der Waals surface area contributed by atoms with E-state index in [2.05, 4.69) is 22.1 Å². The van der Waals surface area contributed by atoms with Gasteiger partial charge in [-0.05, 0) is 44.7 Å². The summed E-state index contributed by atoms with van der Waals surface area (Å²) in [5.41, 5.74) is 3.23. The molecule has 3 fully saturated rings.